The highest BCUT2D eigenvalue weighted by atomic mass is 16.7. The molecule has 1 aromatic carbocycles. The average Bonchev–Trinajstić information content (AvgIpc) is 3.45. The highest BCUT2D eigenvalue weighted by molar-refractivity contribution is 6.05. The summed E-state index contributed by atoms with van der Waals surface area (Å²) in [4.78, 5) is 35.0. The van der Waals surface area contributed by atoms with Crippen LogP contribution in [0.25, 0.3) is 5.52 Å². The number of pyridine rings is 1. The first-order valence-corrected chi connectivity index (χ1v) is 15.1. The van der Waals surface area contributed by atoms with Crippen molar-refractivity contribution in [2.24, 2.45) is 0 Å². The zero-order chi connectivity index (χ0) is 32.9. The minimum Gasteiger partial charge on any atom is -0.491 e. The third-order valence-corrected chi connectivity index (χ3v) is 6.99. The van der Waals surface area contributed by atoms with Gasteiger partial charge < -0.3 is 24.4 Å². The maximum atomic E-state index is 14.2. The molecule has 4 rings (SSSR count). The van der Waals surface area contributed by atoms with Crippen LogP contribution in [-0.2, 0) is 14.3 Å². The van der Waals surface area contributed by atoms with E-state index in [1.54, 1.807) is 53.1 Å². The lowest BCUT2D eigenvalue weighted by Crippen LogP contribution is -2.47. The number of methoxy groups -OCH3 is 1. The van der Waals surface area contributed by atoms with Crippen LogP contribution >= 0.6 is 0 Å². The number of ether oxygens (including phenoxy) is 3. The summed E-state index contributed by atoms with van der Waals surface area (Å²) >= 11 is 0. The van der Waals surface area contributed by atoms with Crippen molar-refractivity contribution in [3.63, 3.8) is 0 Å². The van der Waals surface area contributed by atoms with E-state index in [0.29, 0.717) is 65.8 Å². The number of hydrogen-bond acceptors (Lipinski definition) is 9. The summed E-state index contributed by atoms with van der Waals surface area (Å²) in [6.45, 7) is 14.7. The van der Waals surface area contributed by atoms with Crippen LogP contribution in [0.1, 0.15) is 75.9 Å². The van der Waals surface area contributed by atoms with Crippen molar-refractivity contribution in [2.75, 3.05) is 43.8 Å². The standard InChI is InChI=1S/C33H44N6O6/c1-22-28(36-24-10-9-17-37(21-24)31(41)44-32(2,3)4)26(20-34)27-15-16-35-38(27)29(22)39(45-33(5,6)7)30(40)23-11-13-25(14-12-23)43-19-18-42-8/h11-16,24,36H,9-10,17-19,21H2,1-8H3/t24-/m1/s1. The number of nitrogens with one attached hydrogen (secondary N) is 1. The molecular weight excluding hydrogens is 576 g/mol. The number of rotatable bonds is 9. The molecule has 1 aliphatic rings. The number of nitriles is 1. The molecule has 0 spiro atoms. The van der Waals surface area contributed by atoms with Gasteiger partial charge in [0, 0.05) is 37.4 Å². The molecule has 3 heterocycles. The topological polar surface area (TPSA) is 131 Å². The fourth-order valence-electron chi connectivity index (χ4n) is 5.08. The van der Waals surface area contributed by atoms with E-state index in [4.69, 9.17) is 19.0 Å². The van der Waals surface area contributed by atoms with E-state index >= 15 is 0 Å². The molecule has 2 amide bonds. The van der Waals surface area contributed by atoms with Crippen LogP contribution in [0.4, 0.5) is 16.3 Å². The predicted molar refractivity (Wildman–Crippen MR) is 171 cm³/mol. The Labute approximate surface area is 264 Å². The largest absolute Gasteiger partial charge is 0.491 e. The number of fused-ring (bicyclic) bond motifs is 1. The second kappa shape index (κ2) is 13.7. The number of benzene rings is 1. The van der Waals surface area contributed by atoms with Gasteiger partial charge in [0.05, 0.1) is 29.6 Å². The molecule has 3 aromatic rings. The first kappa shape index (κ1) is 33.6. The van der Waals surface area contributed by atoms with Crippen molar-refractivity contribution in [3.05, 3.63) is 53.2 Å². The van der Waals surface area contributed by atoms with E-state index in [2.05, 4.69) is 16.5 Å². The Balaban J connectivity index is 1.74. The number of carbonyl (C=O) groups excluding carboxylic acids is 2. The summed E-state index contributed by atoms with van der Waals surface area (Å²) in [5, 5.41) is 19.6. The van der Waals surface area contributed by atoms with Gasteiger partial charge in [-0.25, -0.2) is 9.31 Å². The number of hydroxylamine groups is 1. The fraction of sp³-hybridized carbons (Fsp3) is 0.515. The van der Waals surface area contributed by atoms with Crippen molar-refractivity contribution in [1.82, 2.24) is 14.5 Å². The number of hydrogen-bond donors (Lipinski definition) is 1. The van der Waals surface area contributed by atoms with E-state index in [1.807, 2.05) is 48.5 Å². The number of carbonyl (C=O) groups is 2. The summed E-state index contributed by atoms with van der Waals surface area (Å²) in [5.41, 5.74) is 1.04. The first-order valence-electron chi connectivity index (χ1n) is 15.1. The second-order valence-corrected chi connectivity index (χ2v) is 13.0. The van der Waals surface area contributed by atoms with Crippen molar-refractivity contribution < 1.29 is 28.6 Å². The zero-order valence-electron chi connectivity index (χ0n) is 27.5. The molecule has 242 valence electrons. The van der Waals surface area contributed by atoms with Gasteiger partial charge in [0.2, 0.25) is 0 Å². The molecule has 1 saturated heterocycles. The van der Waals surface area contributed by atoms with E-state index in [-0.39, 0.29) is 12.1 Å². The minimum absolute atomic E-state index is 0.159. The van der Waals surface area contributed by atoms with Gasteiger partial charge in [0.25, 0.3) is 5.91 Å². The monoisotopic (exact) mass is 620 g/mol. The van der Waals surface area contributed by atoms with E-state index in [9.17, 15) is 14.9 Å². The van der Waals surface area contributed by atoms with E-state index < -0.39 is 17.1 Å². The van der Waals surface area contributed by atoms with Gasteiger partial charge >= 0.3 is 6.09 Å². The third kappa shape index (κ3) is 8.23. The minimum atomic E-state index is -0.760. The highest BCUT2D eigenvalue weighted by Gasteiger charge is 2.33. The van der Waals surface area contributed by atoms with Crippen LogP contribution in [0.5, 0.6) is 5.75 Å². The molecule has 12 nitrogen and oxygen atoms in total. The second-order valence-electron chi connectivity index (χ2n) is 13.0. The summed E-state index contributed by atoms with van der Waals surface area (Å²) < 4.78 is 17.9. The van der Waals surface area contributed by atoms with Crippen LogP contribution in [0.2, 0.25) is 0 Å². The van der Waals surface area contributed by atoms with Crippen molar-refractivity contribution in [2.45, 2.75) is 78.6 Å². The van der Waals surface area contributed by atoms with Crippen LogP contribution in [0.3, 0.4) is 0 Å². The quantitative estimate of drug-likeness (QED) is 0.235. The average molecular weight is 621 g/mol. The van der Waals surface area contributed by atoms with Crippen LogP contribution in [0.15, 0.2) is 36.5 Å². The molecule has 0 unspecified atom stereocenters. The lowest BCUT2D eigenvalue weighted by Gasteiger charge is -2.36. The summed E-state index contributed by atoms with van der Waals surface area (Å²) in [6.07, 6.45) is 2.76. The van der Waals surface area contributed by atoms with E-state index in [0.717, 1.165) is 12.8 Å². The normalized spacial score (nSPS) is 15.4. The van der Waals surface area contributed by atoms with Crippen molar-refractivity contribution in [1.29, 1.82) is 5.26 Å². The Bertz CT molecular complexity index is 1550. The molecule has 0 aliphatic carbocycles. The van der Waals surface area contributed by atoms with Crippen molar-refractivity contribution >= 4 is 29.0 Å². The molecular formula is C33H44N6O6. The van der Waals surface area contributed by atoms with Gasteiger partial charge in [-0.2, -0.15) is 15.4 Å². The molecule has 45 heavy (non-hydrogen) atoms. The lowest BCUT2D eigenvalue weighted by atomic mass is 10.0. The molecule has 0 saturated carbocycles. The molecule has 0 radical (unpaired) electrons. The maximum absolute atomic E-state index is 14.2. The van der Waals surface area contributed by atoms with Gasteiger partial charge in [-0.05, 0) is 91.6 Å². The van der Waals surface area contributed by atoms with Gasteiger partial charge in [0.15, 0.2) is 5.82 Å². The smallest absolute Gasteiger partial charge is 0.410 e. The Morgan fingerprint density at radius 1 is 1.09 bits per heavy atom. The predicted octanol–water partition coefficient (Wildman–Crippen LogP) is 5.73. The SMILES string of the molecule is COCCOc1ccc(C(=O)N(OC(C)(C)C)c2c(C)c(N[C@@H]3CCCN(C(=O)OC(C)(C)C)C3)c(C#N)c3ccnn23)cc1. The van der Waals surface area contributed by atoms with Crippen molar-refractivity contribution in [3.8, 4) is 11.8 Å². The number of likely N-dealkylation sites (tertiary alicyclic amines) is 1. The Morgan fingerprint density at radius 3 is 2.42 bits per heavy atom. The van der Waals surface area contributed by atoms with Gasteiger partial charge in [-0.1, -0.05) is 0 Å². The Hall–Kier alpha value is -4.34. The number of piperidine rings is 1. The maximum Gasteiger partial charge on any atom is 0.410 e. The summed E-state index contributed by atoms with van der Waals surface area (Å²) in [5.74, 6) is 0.546. The van der Waals surface area contributed by atoms with Crippen LogP contribution in [0, 0.1) is 18.3 Å². The molecule has 12 heteroatoms. The number of amides is 2. The summed E-state index contributed by atoms with van der Waals surface area (Å²) in [7, 11) is 1.60. The fourth-order valence-corrected chi connectivity index (χ4v) is 5.08. The number of anilines is 2. The van der Waals surface area contributed by atoms with Crippen LogP contribution < -0.4 is 15.1 Å². The molecule has 1 fully saturated rings. The third-order valence-electron chi connectivity index (χ3n) is 6.99. The van der Waals surface area contributed by atoms with Crippen LogP contribution in [-0.4, -0.2) is 77.2 Å². The Morgan fingerprint density at radius 2 is 1.80 bits per heavy atom. The molecule has 1 N–H and O–H groups in total. The first-order chi connectivity index (χ1) is 21.2. The molecule has 0 bridgehead atoms. The van der Waals surface area contributed by atoms with Gasteiger partial charge in [0.1, 0.15) is 29.6 Å². The van der Waals surface area contributed by atoms with Gasteiger partial charge in [-0.15, -0.1) is 0 Å². The highest BCUT2D eigenvalue weighted by Crippen LogP contribution is 2.36. The molecule has 2 aromatic heterocycles. The lowest BCUT2D eigenvalue weighted by molar-refractivity contribution is -0.0172. The number of aromatic nitrogens is 2. The van der Waals surface area contributed by atoms with Gasteiger partial charge in [-0.3, -0.25) is 9.63 Å². The van der Waals surface area contributed by atoms with E-state index in [1.165, 1.54) is 5.06 Å². The molecule has 1 aliphatic heterocycles. The summed E-state index contributed by atoms with van der Waals surface area (Å²) in [6, 6.07) is 10.7. The zero-order valence-corrected chi connectivity index (χ0v) is 27.5. The Kier molecular flexibility index (Phi) is 10.3. The molecule has 1 atom stereocenters. The number of nitrogens with zero attached hydrogens (tertiary/aromatic N) is 5.